The van der Waals surface area contributed by atoms with Gasteiger partial charge in [0.05, 0.1) is 13.7 Å². The maximum absolute atomic E-state index is 9.86. The molecular weight excluding hydrogens is 314 g/mol. The topological polar surface area (TPSA) is 65.9 Å². The van der Waals surface area contributed by atoms with Crippen LogP contribution in [0.2, 0.25) is 0 Å². The zero-order chi connectivity index (χ0) is 18.1. The summed E-state index contributed by atoms with van der Waals surface area (Å²) in [5.41, 5.74) is 3.54. The number of methoxy groups -OCH3 is 1. The number of phenolic OH excluding ortho intramolecular Hbond substituents is 1. The van der Waals surface area contributed by atoms with Crippen molar-refractivity contribution in [3.63, 3.8) is 0 Å². The second-order valence-corrected chi connectivity index (χ2v) is 5.68. The summed E-state index contributed by atoms with van der Waals surface area (Å²) in [5.74, 6) is 1.35. The first kappa shape index (κ1) is 18.6. The Morgan fingerprint density at radius 1 is 1.08 bits per heavy atom. The van der Waals surface area contributed by atoms with Gasteiger partial charge in [-0.1, -0.05) is 37.3 Å². The molecule has 0 aliphatic heterocycles. The van der Waals surface area contributed by atoms with E-state index in [1.54, 1.807) is 12.1 Å². The molecule has 2 aromatic carbocycles. The molecule has 0 fully saturated rings. The fourth-order valence-electron chi connectivity index (χ4n) is 2.60. The lowest BCUT2D eigenvalue weighted by Gasteiger charge is -2.13. The third-order valence-electron chi connectivity index (χ3n) is 3.95. The quantitative estimate of drug-likeness (QED) is 0.534. The van der Waals surface area contributed by atoms with Gasteiger partial charge in [-0.25, -0.2) is 4.99 Å². The minimum atomic E-state index is 0.130. The van der Waals surface area contributed by atoms with E-state index in [1.807, 2.05) is 13.0 Å². The van der Waals surface area contributed by atoms with Crippen LogP contribution >= 0.6 is 0 Å². The molecule has 0 bridgehead atoms. The highest BCUT2D eigenvalue weighted by atomic mass is 16.5. The van der Waals surface area contributed by atoms with E-state index in [1.165, 1.54) is 18.2 Å². The maximum Gasteiger partial charge on any atom is 0.191 e. The van der Waals surface area contributed by atoms with Gasteiger partial charge in [0.25, 0.3) is 0 Å². The molecule has 2 aromatic rings. The van der Waals surface area contributed by atoms with E-state index < -0.39 is 0 Å². The van der Waals surface area contributed by atoms with Crippen LogP contribution in [-0.4, -0.2) is 24.7 Å². The van der Waals surface area contributed by atoms with E-state index in [0.717, 1.165) is 31.0 Å². The number of nitrogens with zero attached hydrogens (tertiary/aromatic N) is 1. The lowest BCUT2D eigenvalue weighted by Crippen LogP contribution is -2.37. The summed E-state index contributed by atoms with van der Waals surface area (Å²) >= 11 is 0. The highest BCUT2D eigenvalue weighted by Crippen LogP contribution is 2.26. The molecule has 0 heterocycles. The number of aryl methyl sites for hydroxylation is 1. The van der Waals surface area contributed by atoms with Gasteiger partial charge in [0, 0.05) is 13.1 Å². The van der Waals surface area contributed by atoms with Crippen molar-refractivity contribution < 1.29 is 9.84 Å². The Labute approximate surface area is 149 Å². The van der Waals surface area contributed by atoms with Crippen LogP contribution in [0.4, 0.5) is 0 Å². The Bertz CT molecular complexity index is 714. The summed E-state index contributed by atoms with van der Waals surface area (Å²) < 4.78 is 5.06. The number of nitrogens with one attached hydrogen (secondary N) is 2. The maximum atomic E-state index is 9.86. The fourth-order valence-corrected chi connectivity index (χ4v) is 2.60. The van der Waals surface area contributed by atoms with Gasteiger partial charge in [-0.2, -0.15) is 0 Å². The van der Waals surface area contributed by atoms with Crippen LogP contribution in [0.5, 0.6) is 11.5 Å². The smallest absolute Gasteiger partial charge is 0.191 e. The molecule has 0 saturated heterocycles. The summed E-state index contributed by atoms with van der Waals surface area (Å²) in [5, 5.41) is 16.5. The molecule has 0 aliphatic rings. The van der Waals surface area contributed by atoms with E-state index in [9.17, 15) is 5.11 Å². The van der Waals surface area contributed by atoms with Crippen molar-refractivity contribution in [2.45, 2.75) is 33.4 Å². The lowest BCUT2D eigenvalue weighted by molar-refractivity contribution is 0.373. The number of phenols is 1. The molecule has 0 saturated carbocycles. The van der Waals surface area contributed by atoms with Crippen molar-refractivity contribution in [1.82, 2.24) is 10.6 Å². The normalized spacial score (nSPS) is 11.2. The summed E-state index contributed by atoms with van der Waals surface area (Å²) in [6, 6.07) is 13.7. The Hall–Kier alpha value is -2.69. The van der Waals surface area contributed by atoms with Crippen LogP contribution in [0.1, 0.15) is 30.5 Å². The molecule has 3 N–H and O–H groups in total. The number of hydrogen-bond donors (Lipinski definition) is 3. The number of ether oxygens (including phenoxy) is 1. The first-order valence-electron chi connectivity index (χ1n) is 8.62. The predicted molar refractivity (Wildman–Crippen MR) is 102 cm³/mol. The average molecular weight is 341 g/mol. The van der Waals surface area contributed by atoms with Gasteiger partial charge in [-0.05, 0) is 42.2 Å². The van der Waals surface area contributed by atoms with Gasteiger partial charge in [0.1, 0.15) is 0 Å². The van der Waals surface area contributed by atoms with Crippen LogP contribution < -0.4 is 15.4 Å². The van der Waals surface area contributed by atoms with Crippen molar-refractivity contribution >= 4 is 5.96 Å². The van der Waals surface area contributed by atoms with Crippen LogP contribution in [0.15, 0.2) is 47.5 Å². The molecule has 5 heteroatoms. The second kappa shape index (κ2) is 9.57. The van der Waals surface area contributed by atoms with Gasteiger partial charge >= 0.3 is 0 Å². The monoisotopic (exact) mass is 341 g/mol. The molecule has 0 atom stereocenters. The standard InChI is InChI=1S/C20H27N3O2/c1-4-16-8-6-7-9-17(16)14-23-20(21-5-2)22-13-15-10-11-19(25-3)18(24)12-15/h6-12,24H,4-5,13-14H2,1-3H3,(H2,21,22,23). The Balaban J connectivity index is 2.04. The third-order valence-corrected chi connectivity index (χ3v) is 3.95. The summed E-state index contributed by atoms with van der Waals surface area (Å²) in [4.78, 5) is 4.59. The second-order valence-electron chi connectivity index (χ2n) is 5.68. The zero-order valence-electron chi connectivity index (χ0n) is 15.2. The van der Waals surface area contributed by atoms with E-state index in [-0.39, 0.29) is 5.75 Å². The minimum absolute atomic E-state index is 0.130. The fraction of sp³-hybridized carbons (Fsp3) is 0.350. The first-order chi connectivity index (χ1) is 12.2. The number of benzene rings is 2. The molecule has 25 heavy (non-hydrogen) atoms. The molecule has 0 unspecified atom stereocenters. The van der Waals surface area contributed by atoms with Crippen molar-refractivity contribution in [3.8, 4) is 11.5 Å². The van der Waals surface area contributed by atoms with Crippen LogP contribution in [0.25, 0.3) is 0 Å². The molecule has 0 aliphatic carbocycles. The Kier molecular flexibility index (Phi) is 7.14. The SMILES string of the molecule is CCNC(=NCc1ccc(OC)c(O)c1)NCc1ccccc1CC. The third kappa shape index (κ3) is 5.41. The molecule has 134 valence electrons. The van der Waals surface area contributed by atoms with Gasteiger partial charge in [-0.3, -0.25) is 0 Å². The number of guanidine groups is 1. The Morgan fingerprint density at radius 2 is 1.84 bits per heavy atom. The van der Waals surface area contributed by atoms with Crippen molar-refractivity contribution in [3.05, 3.63) is 59.2 Å². The summed E-state index contributed by atoms with van der Waals surface area (Å²) in [6.45, 7) is 6.19. The molecule has 0 aromatic heterocycles. The molecular formula is C20H27N3O2. The van der Waals surface area contributed by atoms with Gasteiger partial charge < -0.3 is 20.5 Å². The van der Waals surface area contributed by atoms with E-state index in [4.69, 9.17) is 4.74 Å². The van der Waals surface area contributed by atoms with E-state index >= 15 is 0 Å². The van der Waals surface area contributed by atoms with E-state index in [2.05, 4.69) is 46.8 Å². The minimum Gasteiger partial charge on any atom is -0.504 e. The highest BCUT2D eigenvalue weighted by molar-refractivity contribution is 5.79. The van der Waals surface area contributed by atoms with Crippen LogP contribution in [-0.2, 0) is 19.5 Å². The van der Waals surface area contributed by atoms with Gasteiger partial charge in [0.15, 0.2) is 17.5 Å². The number of aliphatic imine (C=N–C) groups is 1. The van der Waals surface area contributed by atoms with Crippen molar-refractivity contribution in [2.24, 2.45) is 4.99 Å². The number of aromatic hydroxyl groups is 1. The van der Waals surface area contributed by atoms with Crippen LogP contribution in [0.3, 0.4) is 0 Å². The van der Waals surface area contributed by atoms with Crippen LogP contribution in [0, 0.1) is 0 Å². The molecule has 0 radical (unpaired) electrons. The zero-order valence-corrected chi connectivity index (χ0v) is 15.2. The van der Waals surface area contributed by atoms with E-state index in [0.29, 0.717) is 12.3 Å². The average Bonchev–Trinajstić information content (AvgIpc) is 2.64. The summed E-state index contributed by atoms with van der Waals surface area (Å²) in [7, 11) is 1.54. The summed E-state index contributed by atoms with van der Waals surface area (Å²) in [6.07, 6.45) is 1.01. The van der Waals surface area contributed by atoms with Crippen molar-refractivity contribution in [2.75, 3.05) is 13.7 Å². The highest BCUT2D eigenvalue weighted by Gasteiger charge is 2.04. The van der Waals surface area contributed by atoms with Crippen molar-refractivity contribution in [1.29, 1.82) is 0 Å². The first-order valence-corrected chi connectivity index (χ1v) is 8.62. The predicted octanol–water partition coefficient (Wildman–Crippen LogP) is 3.22. The number of hydrogen-bond acceptors (Lipinski definition) is 3. The van der Waals surface area contributed by atoms with Gasteiger partial charge in [-0.15, -0.1) is 0 Å². The molecule has 0 spiro atoms. The molecule has 0 amide bonds. The molecule has 2 rings (SSSR count). The Morgan fingerprint density at radius 3 is 2.48 bits per heavy atom. The largest absolute Gasteiger partial charge is 0.504 e. The lowest BCUT2D eigenvalue weighted by atomic mass is 10.1. The van der Waals surface area contributed by atoms with Gasteiger partial charge in [0.2, 0.25) is 0 Å². The number of rotatable bonds is 7. The molecule has 5 nitrogen and oxygen atoms in total.